The molecule has 0 radical (unpaired) electrons. The van der Waals surface area contributed by atoms with E-state index in [1.807, 2.05) is 23.1 Å². The first-order valence-electron chi connectivity index (χ1n) is 9.36. The number of thiazole rings is 1. The van der Waals surface area contributed by atoms with Crippen molar-refractivity contribution in [2.45, 2.75) is 38.5 Å². The quantitative estimate of drug-likeness (QED) is 0.620. The molecule has 1 fully saturated rings. The van der Waals surface area contributed by atoms with Crippen molar-refractivity contribution < 1.29 is 4.79 Å². The van der Waals surface area contributed by atoms with E-state index in [9.17, 15) is 4.79 Å². The van der Waals surface area contributed by atoms with Crippen LogP contribution in [0.3, 0.4) is 0 Å². The number of rotatable bonds is 3. The molecule has 4 heteroatoms. The fraction of sp³-hybridized carbons (Fsp3) is 0.364. The number of benzene rings is 2. The minimum atomic E-state index is 0.145. The van der Waals surface area contributed by atoms with E-state index in [1.165, 1.54) is 15.3 Å². The molecular weight excluding hydrogens is 340 g/mol. The molecule has 0 spiro atoms. The summed E-state index contributed by atoms with van der Waals surface area (Å²) in [6.07, 6.45) is 2.15. The molecule has 0 N–H and O–H groups in total. The molecule has 134 valence electrons. The Morgan fingerprint density at radius 3 is 2.65 bits per heavy atom. The van der Waals surface area contributed by atoms with Crippen molar-refractivity contribution in [3.05, 3.63) is 64.7 Å². The van der Waals surface area contributed by atoms with Crippen LogP contribution in [0.25, 0.3) is 10.2 Å². The second-order valence-corrected chi connectivity index (χ2v) is 8.45. The van der Waals surface area contributed by atoms with Gasteiger partial charge in [0, 0.05) is 24.6 Å². The predicted molar refractivity (Wildman–Crippen MR) is 108 cm³/mol. The van der Waals surface area contributed by atoms with Crippen LogP contribution in [0.5, 0.6) is 0 Å². The van der Waals surface area contributed by atoms with Gasteiger partial charge in [-0.15, -0.1) is 11.3 Å². The number of carbonyl (C=O) groups is 1. The van der Waals surface area contributed by atoms with Crippen LogP contribution in [-0.4, -0.2) is 28.9 Å². The average Bonchev–Trinajstić information content (AvgIpc) is 3.12. The largest absolute Gasteiger partial charge is 0.338 e. The number of likely N-dealkylation sites (tertiary alicyclic amines) is 1. The van der Waals surface area contributed by atoms with Crippen molar-refractivity contribution in [2.75, 3.05) is 13.1 Å². The van der Waals surface area contributed by atoms with E-state index < -0.39 is 0 Å². The molecule has 1 aliphatic rings. The first-order valence-corrected chi connectivity index (χ1v) is 10.2. The minimum Gasteiger partial charge on any atom is -0.338 e. The highest BCUT2D eigenvalue weighted by atomic mass is 32.1. The Bertz CT molecular complexity index is 880. The summed E-state index contributed by atoms with van der Waals surface area (Å²) in [6, 6.07) is 16.4. The van der Waals surface area contributed by atoms with Crippen LogP contribution >= 0.6 is 11.3 Å². The zero-order chi connectivity index (χ0) is 18.1. The minimum absolute atomic E-state index is 0.145. The van der Waals surface area contributed by atoms with Gasteiger partial charge >= 0.3 is 0 Å². The fourth-order valence-electron chi connectivity index (χ4n) is 3.62. The third kappa shape index (κ3) is 3.38. The number of fused-ring (bicyclic) bond motifs is 1. The maximum atomic E-state index is 12.9. The van der Waals surface area contributed by atoms with Gasteiger partial charge in [-0.25, -0.2) is 4.98 Å². The van der Waals surface area contributed by atoms with E-state index in [-0.39, 0.29) is 5.91 Å². The number of para-hydroxylation sites is 1. The molecule has 0 bridgehead atoms. The highest BCUT2D eigenvalue weighted by molar-refractivity contribution is 7.18. The van der Waals surface area contributed by atoms with Crippen molar-refractivity contribution in [1.82, 2.24) is 9.88 Å². The molecule has 4 rings (SSSR count). The second-order valence-electron chi connectivity index (χ2n) is 7.39. The predicted octanol–water partition coefficient (Wildman–Crippen LogP) is 5.44. The molecular formula is C22H24N2OS. The molecule has 0 unspecified atom stereocenters. The summed E-state index contributed by atoms with van der Waals surface area (Å²) in [5.74, 6) is 0.976. The molecule has 1 aliphatic heterocycles. The number of piperidine rings is 1. The molecule has 26 heavy (non-hydrogen) atoms. The number of aromatic nitrogens is 1. The second kappa shape index (κ2) is 7.20. The summed E-state index contributed by atoms with van der Waals surface area (Å²) < 4.78 is 1.23. The normalized spacial score (nSPS) is 17.8. The highest BCUT2D eigenvalue weighted by Gasteiger charge is 2.27. The van der Waals surface area contributed by atoms with Crippen molar-refractivity contribution in [3.8, 4) is 0 Å². The maximum absolute atomic E-state index is 12.9. The maximum Gasteiger partial charge on any atom is 0.253 e. The standard InChI is InChI=1S/C22H24N2OS/c1-15(2)16-9-11-17(12-10-16)22(25)24-13-5-6-18(14-24)21-23-19-7-3-4-8-20(19)26-21/h3-4,7-12,15,18H,5-6,13-14H2,1-2H3/t18-/m0/s1. The Morgan fingerprint density at radius 2 is 1.92 bits per heavy atom. The molecule has 2 heterocycles. The van der Waals surface area contributed by atoms with Crippen molar-refractivity contribution in [2.24, 2.45) is 0 Å². The summed E-state index contributed by atoms with van der Waals surface area (Å²) in [5, 5.41) is 1.17. The van der Waals surface area contributed by atoms with Gasteiger partial charge in [0.1, 0.15) is 0 Å². The Kier molecular flexibility index (Phi) is 4.77. The summed E-state index contributed by atoms with van der Waals surface area (Å²) >= 11 is 1.77. The Hall–Kier alpha value is -2.20. The van der Waals surface area contributed by atoms with Gasteiger partial charge in [0.15, 0.2) is 0 Å². The van der Waals surface area contributed by atoms with E-state index in [4.69, 9.17) is 4.98 Å². The van der Waals surface area contributed by atoms with Gasteiger partial charge in [-0.05, 0) is 48.6 Å². The molecule has 1 saturated heterocycles. The molecule has 1 aromatic heterocycles. The lowest BCUT2D eigenvalue weighted by atomic mass is 9.97. The Balaban J connectivity index is 1.51. The lowest BCUT2D eigenvalue weighted by Gasteiger charge is -2.32. The van der Waals surface area contributed by atoms with Gasteiger partial charge in [0.25, 0.3) is 5.91 Å². The number of hydrogen-bond donors (Lipinski definition) is 0. The first kappa shape index (κ1) is 17.2. The molecule has 0 aliphatic carbocycles. The van der Waals surface area contributed by atoms with Crippen molar-refractivity contribution in [1.29, 1.82) is 0 Å². The summed E-state index contributed by atoms with van der Waals surface area (Å²) in [5.41, 5.74) is 3.13. The van der Waals surface area contributed by atoms with E-state index >= 15 is 0 Å². The van der Waals surface area contributed by atoms with Gasteiger partial charge in [-0.1, -0.05) is 38.1 Å². The molecule has 1 atom stereocenters. The lowest BCUT2D eigenvalue weighted by molar-refractivity contribution is 0.0707. The van der Waals surface area contributed by atoms with Crippen LogP contribution in [0.15, 0.2) is 48.5 Å². The van der Waals surface area contributed by atoms with Crippen molar-refractivity contribution in [3.63, 3.8) is 0 Å². The number of hydrogen-bond acceptors (Lipinski definition) is 3. The van der Waals surface area contributed by atoms with E-state index in [2.05, 4.69) is 44.2 Å². The molecule has 2 aromatic carbocycles. The lowest BCUT2D eigenvalue weighted by Crippen LogP contribution is -2.39. The molecule has 1 amide bonds. The van der Waals surface area contributed by atoms with Gasteiger partial charge in [-0.2, -0.15) is 0 Å². The smallest absolute Gasteiger partial charge is 0.253 e. The van der Waals surface area contributed by atoms with Crippen LogP contribution in [0.4, 0.5) is 0 Å². The van der Waals surface area contributed by atoms with Gasteiger partial charge < -0.3 is 4.90 Å². The number of amides is 1. The summed E-state index contributed by atoms with van der Waals surface area (Å²) in [6.45, 7) is 5.95. The first-order chi connectivity index (χ1) is 12.6. The third-order valence-electron chi connectivity index (χ3n) is 5.19. The van der Waals surface area contributed by atoms with Gasteiger partial charge in [0.2, 0.25) is 0 Å². The Morgan fingerprint density at radius 1 is 1.15 bits per heavy atom. The Labute approximate surface area is 158 Å². The van der Waals surface area contributed by atoms with Crippen LogP contribution in [-0.2, 0) is 0 Å². The number of nitrogens with zero attached hydrogens (tertiary/aromatic N) is 2. The van der Waals surface area contributed by atoms with Crippen LogP contribution < -0.4 is 0 Å². The molecule has 3 nitrogen and oxygen atoms in total. The summed E-state index contributed by atoms with van der Waals surface area (Å²) in [4.78, 5) is 19.8. The van der Waals surface area contributed by atoms with Crippen LogP contribution in [0.1, 0.15) is 59.5 Å². The zero-order valence-electron chi connectivity index (χ0n) is 15.3. The van der Waals surface area contributed by atoms with E-state index in [0.29, 0.717) is 11.8 Å². The summed E-state index contributed by atoms with van der Waals surface area (Å²) in [7, 11) is 0. The van der Waals surface area contributed by atoms with Crippen molar-refractivity contribution >= 4 is 27.5 Å². The zero-order valence-corrected chi connectivity index (χ0v) is 16.1. The average molecular weight is 365 g/mol. The fourth-order valence-corrected chi connectivity index (χ4v) is 4.71. The molecule has 3 aromatic rings. The SMILES string of the molecule is CC(C)c1ccc(C(=O)N2CCC[C@H](c3nc4ccccc4s3)C2)cc1. The van der Waals surface area contributed by atoms with Crippen LogP contribution in [0.2, 0.25) is 0 Å². The topological polar surface area (TPSA) is 33.2 Å². The molecule has 0 saturated carbocycles. The van der Waals surface area contributed by atoms with Gasteiger partial charge in [0.05, 0.1) is 15.2 Å². The van der Waals surface area contributed by atoms with Gasteiger partial charge in [-0.3, -0.25) is 4.79 Å². The van der Waals surface area contributed by atoms with E-state index in [0.717, 1.165) is 37.0 Å². The third-order valence-corrected chi connectivity index (χ3v) is 6.39. The monoisotopic (exact) mass is 364 g/mol. The van der Waals surface area contributed by atoms with Crippen LogP contribution in [0, 0.1) is 0 Å². The highest BCUT2D eigenvalue weighted by Crippen LogP contribution is 2.33. The van der Waals surface area contributed by atoms with E-state index in [1.54, 1.807) is 11.3 Å². The number of carbonyl (C=O) groups excluding carboxylic acids is 1.